The predicted molar refractivity (Wildman–Crippen MR) is 101 cm³/mol. The number of aromatic nitrogens is 3. The second kappa shape index (κ2) is 6.94. The molecule has 1 aliphatic heterocycles. The van der Waals surface area contributed by atoms with Gasteiger partial charge in [0.15, 0.2) is 0 Å². The number of hydrogen-bond donors (Lipinski definition) is 0. The van der Waals surface area contributed by atoms with Gasteiger partial charge in [-0.2, -0.15) is 5.10 Å². The molecule has 0 radical (unpaired) electrons. The molecule has 5 heteroatoms. The predicted octanol–water partition coefficient (Wildman–Crippen LogP) is 2.77. The molecule has 1 aromatic carbocycles. The summed E-state index contributed by atoms with van der Waals surface area (Å²) in [6.45, 7) is 9.03. The smallest absolute Gasteiger partial charge is 0.0923 e. The van der Waals surface area contributed by atoms with Gasteiger partial charge in [-0.25, -0.2) is 0 Å². The lowest BCUT2D eigenvalue weighted by Gasteiger charge is -2.33. The van der Waals surface area contributed by atoms with Gasteiger partial charge in [0.1, 0.15) is 0 Å². The average molecular weight is 335 g/mol. The van der Waals surface area contributed by atoms with E-state index in [1.165, 1.54) is 18.7 Å². The Bertz CT molecular complexity index is 844. The Morgan fingerprint density at radius 1 is 1.00 bits per heavy atom. The van der Waals surface area contributed by atoms with E-state index in [0.717, 1.165) is 48.3 Å². The average Bonchev–Trinajstić information content (AvgIpc) is 3.02. The van der Waals surface area contributed by atoms with Gasteiger partial charge in [0, 0.05) is 63.1 Å². The molecule has 1 saturated heterocycles. The first kappa shape index (κ1) is 16.2. The van der Waals surface area contributed by atoms with Crippen LogP contribution in [0.5, 0.6) is 0 Å². The van der Waals surface area contributed by atoms with Crippen molar-refractivity contribution >= 4 is 10.9 Å². The number of aryl methyl sites for hydroxylation is 1. The molecule has 0 amide bonds. The van der Waals surface area contributed by atoms with Gasteiger partial charge in [0.25, 0.3) is 0 Å². The summed E-state index contributed by atoms with van der Waals surface area (Å²) in [5.74, 6) is 0. The highest BCUT2D eigenvalue weighted by Crippen LogP contribution is 2.22. The van der Waals surface area contributed by atoms with Crippen LogP contribution in [-0.4, -0.2) is 57.3 Å². The van der Waals surface area contributed by atoms with Crippen LogP contribution in [0.3, 0.4) is 0 Å². The van der Waals surface area contributed by atoms with Crippen LogP contribution < -0.4 is 0 Å². The molecule has 130 valence electrons. The van der Waals surface area contributed by atoms with Crippen molar-refractivity contribution in [2.24, 2.45) is 7.05 Å². The third-order valence-corrected chi connectivity index (χ3v) is 5.06. The molecule has 3 heterocycles. The van der Waals surface area contributed by atoms with Gasteiger partial charge in [-0.3, -0.25) is 14.6 Å². The van der Waals surface area contributed by atoms with Gasteiger partial charge in [-0.15, -0.1) is 0 Å². The molecule has 2 aromatic heterocycles. The Hall–Kier alpha value is -2.24. The van der Waals surface area contributed by atoms with E-state index in [-0.39, 0.29) is 0 Å². The number of hydrogen-bond acceptors (Lipinski definition) is 4. The van der Waals surface area contributed by atoms with E-state index >= 15 is 0 Å². The number of rotatable bonds is 4. The summed E-state index contributed by atoms with van der Waals surface area (Å²) in [6, 6.07) is 10.7. The van der Waals surface area contributed by atoms with Crippen molar-refractivity contribution in [1.82, 2.24) is 24.6 Å². The highest BCUT2D eigenvalue weighted by molar-refractivity contribution is 5.83. The zero-order valence-electron chi connectivity index (χ0n) is 15.0. The van der Waals surface area contributed by atoms with E-state index in [2.05, 4.69) is 52.2 Å². The zero-order chi connectivity index (χ0) is 17.2. The van der Waals surface area contributed by atoms with Gasteiger partial charge < -0.3 is 4.90 Å². The number of piperazine rings is 1. The summed E-state index contributed by atoms with van der Waals surface area (Å²) in [5.41, 5.74) is 4.47. The van der Waals surface area contributed by atoms with Gasteiger partial charge >= 0.3 is 0 Å². The van der Waals surface area contributed by atoms with Crippen LogP contribution >= 0.6 is 0 Å². The van der Waals surface area contributed by atoms with Crippen LogP contribution in [0.4, 0.5) is 0 Å². The minimum atomic E-state index is 0.993. The Labute approximate surface area is 148 Å². The fraction of sp³-hybridized carbons (Fsp3) is 0.400. The minimum absolute atomic E-state index is 0.993. The van der Waals surface area contributed by atoms with Gasteiger partial charge in [0.05, 0.1) is 11.2 Å². The molecule has 1 aliphatic rings. The van der Waals surface area contributed by atoms with Crippen LogP contribution in [-0.2, 0) is 13.6 Å². The monoisotopic (exact) mass is 335 g/mol. The molecule has 1 fully saturated rings. The molecule has 0 saturated carbocycles. The van der Waals surface area contributed by atoms with E-state index in [4.69, 9.17) is 4.98 Å². The third-order valence-electron chi connectivity index (χ3n) is 5.06. The van der Waals surface area contributed by atoms with E-state index in [9.17, 15) is 0 Å². The van der Waals surface area contributed by atoms with Crippen molar-refractivity contribution in [2.75, 3.05) is 32.7 Å². The zero-order valence-corrected chi connectivity index (χ0v) is 15.0. The summed E-state index contributed by atoms with van der Waals surface area (Å²) in [6.07, 6.45) is 4.07. The first-order valence-electron chi connectivity index (χ1n) is 9.04. The van der Waals surface area contributed by atoms with Crippen molar-refractivity contribution in [3.8, 4) is 11.3 Å². The fourth-order valence-electron chi connectivity index (χ4n) is 3.52. The van der Waals surface area contributed by atoms with Gasteiger partial charge in [-0.1, -0.05) is 19.1 Å². The van der Waals surface area contributed by atoms with Crippen LogP contribution in [0.1, 0.15) is 12.5 Å². The van der Waals surface area contributed by atoms with Gasteiger partial charge in [-0.05, 0) is 30.3 Å². The summed E-state index contributed by atoms with van der Waals surface area (Å²) in [5, 5.41) is 5.58. The topological polar surface area (TPSA) is 37.2 Å². The first-order chi connectivity index (χ1) is 12.2. The SMILES string of the molecule is CCN1CCN(Cc2ccc(-c3ccc4nn(C)cc4c3)nc2)CC1. The molecule has 0 unspecified atom stereocenters. The highest BCUT2D eigenvalue weighted by Gasteiger charge is 2.15. The van der Waals surface area contributed by atoms with Crippen molar-refractivity contribution in [1.29, 1.82) is 0 Å². The summed E-state index contributed by atoms with van der Waals surface area (Å²) in [7, 11) is 1.95. The molecule has 0 N–H and O–H groups in total. The molecule has 3 aromatic rings. The number of nitrogens with zero attached hydrogens (tertiary/aromatic N) is 5. The summed E-state index contributed by atoms with van der Waals surface area (Å²) >= 11 is 0. The minimum Gasteiger partial charge on any atom is -0.301 e. The summed E-state index contributed by atoms with van der Waals surface area (Å²) < 4.78 is 1.85. The maximum Gasteiger partial charge on any atom is 0.0923 e. The molecule has 0 spiro atoms. The lowest BCUT2D eigenvalue weighted by molar-refractivity contribution is 0.132. The van der Waals surface area contributed by atoms with Crippen LogP contribution in [0.15, 0.2) is 42.7 Å². The number of likely N-dealkylation sites (N-methyl/N-ethyl adjacent to an activating group) is 1. The summed E-state index contributed by atoms with van der Waals surface area (Å²) in [4.78, 5) is 9.72. The molecule has 5 nitrogen and oxygen atoms in total. The Balaban J connectivity index is 1.45. The maximum atomic E-state index is 4.69. The van der Waals surface area contributed by atoms with E-state index in [1.54, 1.807) is 0 Å². The van der Waals surface area contributed by atoms with Crippen LogP contribution in [0, 0.1) is 0 Å². The Morgan fingerprint density at radius 2 is 1.80 bits per heavy atom. The van der Waals surface area contributed by atoms with E-state index in [1.807, 2.05) is 24.1 Å². The molecular weight excluding hydrogens is 310 g/mol. The highest BCUT2D eigenvalue weighted by atomic mass is 15.3. The van der Waals surface area contributed by atoms with Crippen LogP contribution in [0.25, 0.3) is 22.2 Å². The Kier molecular flexibility index (Phi) is 4.51. The lowest BCUT2D eigenvalue weighted by Crippen LogP contribution is -2.45. The van der Waals surface area contributed by atoms with Crippen molar-refractivity contribution in [3.63, 3.8) is 0 Å². The molecule has 0 atom stereocenters. The van der Waals surface area contributed by atoms with Crippen molar-refractivity contribution in [2.45, 2.75) is 13.5 Å². The Morgan fingerprint density at radius 3 is 2.52 bits per heavy atom. The van der Waals surface area contributed by atoms with Crippen LogP contribution in [0.2, 0.25) is 0 Å². The third kappa shape index (κ3) is 3.57. The lowest BCUT2D eigenvalue weighted by atomic mass is 10.1. The first-order valence-corrected chi connectivity index (χ1v) is 9.04. The molecule has 0 bridgehead atoms. The maximum absolute atomic E-state index is 4.69. The molecule has 0 aliphatic carbocycles. The molecular formula is C20H25N5. The van der Waals surface area contributed by atoms with E-state index in [0.29, 0.717) is 0 Å². The normalized spacial score (nSPS) is 16.6. The largest absolute Gasteiger partial charge is 0.301 e. The standard InChI is InChI=1S/C20H25N5/c1-3-24-8-10-25(11-9-24)14-16-4-6-19(21-13-16)17-5-7-20-18(12-17)15-23(2)22-20/h4-7,12-13,15H,3,8-11,14H2,1-2H3. The number of pyridine rings is 1. The number of benzene rings is 1. The van der Waals surface area contributed by atoms with Gasteiger partial charge in [0.2, 0.25) is 0 Å². The van der Waals surface area contributed by atoms with Crippen molar-refractivity contribution in [3.05, 3.63) is 48.3 Å². The van der Waals surface area contributed by atoms with E-state index < -0.39 is 0 Å². The number of fused-ring (bicyclic) bond motifs is 1. The second-order valence-corrected chi connectivity index (χ2v) is 6.84. The second-order valence-electron chi connectivity index (χ2n) is 6.84. The fourth-order valence-corrected chi connectivity index (χ4v) is 3.52. The van der Waals surface area contributed by atoms with Crippen molar-refractivity contribution < 1.29 is 0 Å². The molecule has 25 heavy (non-hydrogen) atoms. The quantitative estimate of drug-likeness (QED) is 0.735. The molecule has 4 rings (SSSR count).